The normalized spacial score (nSPS) is 9.95. The number of aromatic nitrogens is 1. The minimum atomic E-state index is -0.0796. The highest BCUT2D eigenvalue weighted by molar-refractivity contribution is 7.14. The van der Waals surface area contributed by atoms with Crippen LogP contribution in [0.2, 0.25) is 0 Å². The van der Waals surface area contributed by atoms with Crippen LogP contribution in [0.25, 0.3) is 11.3 Å². The van der Waals surface area contributed by atoms with E-state index in [-0.39, 0.29) is 18.3 Å². The average molecular weight is 312 g/mol. The number of rotatable bonds is 4. The Morgan fingerprint density at radius 2 is 2.10 bits per heavy atom. The van der Waals surface area contributed by atoms with Crippen molar-refractivity contribution < 1.29 is 4.79 Å². The van der Waals surface area contributed by atoms with E-state index in [1.54, 1.807) is 7.05 Å². The van der Waals surface area contributed by atoms with Gasteiger partial charge in [0.05, 0.1) is 12.2 Å². The molecule has 1 amide bonds. The van der Waals surface area contributed by atoms with Gasteiger partial charge in [-0.05, 0) is 26.5 Å². The molecule has 0 unspecified atom stereocenters. The lowest BCUT2D eigenvalue weighted by molar-refractivity contribution is -0.115. The van der Waals surface area contributed by atoms with Crippen molar-refractivity contribution in [2.24, 2.45) is 0 Å². The van der Waals surface area contributed by atoms with E-state index in [1.165, 1.54) is 22.5 Å². The molecule has 0 aliphatic heterocycles. The van der Waals surface area contributed by atoms with Crippen molar-refractivity contribution in [1.29, 1.82) is 0 Å². The van der Waals surface area contributed by atoms with Crippen LogP contribution < -0.4 is 10.6 Å². The number of hydrogen-bond donors (Lipinski definition) is 2. The molecule has 4 nitrogen and oxygen atoms in total. The smallest absolute Gasteiger partial charge is 0.240 e. The lowest BCUT2D eigenvalue weighted by Gasteiger charge is -2.03. The zero-order chi connectivity index (χ0) is 13.8. The predicted octanol–water partition coefficient (Wildman–Crippen LogP) is 3.01. The fourth-order valence-corrected chi connectivity index (χ4v) is 2.61. The Morgan fingerprint density at radius 3 is 2.75 bits per heavy atom. The van der Waals surface area contributed by atoms with Crippen molar-refractivity contribution in [1.82, 2.24) is 10.3 Å². The molecule has 1 aromatic carbocycles. The van der Waals surface area contributed by atoms with Crippen LogP contribution in [-0.4, -0.2) is 24.5 Å². The van der Waals surface area contributed by atoms with Gasteiger partial charge in [-0.2, -0.15) is 0 Å². The van der Waals surface area contributed by atoms with E-state index in [2.05, 4.69) is 47.7 Å². The molecule has 2 aromatic rings. The molecular weight excluding hydrogens is 294 g/mol. The molecule has 1 heterocycles. The summed E-state index contributed by atoms with van der Waals surface area (Å²) in [5.41, 5.74) is 4.44. The molecule has 0 radical (unpaired) electrons. The lowest BCUT2D eigenvalue weighted by Crippen LogP contribution is -2.24. The molecule has 2 rings (SSSR count). The number of benzene rings is 1. The number of aryl methyl sites for hydroxylation is 2. The van der Waals surface area contributed by atoms with Crippen molar-refractivity contribution in [3.63, 3.8) is 0 Å². The molecule has 6 heteroatoms. The largest absolute Gasteiger partial charge is 0.311 e. The maximum atomic E-state index is 11.5. The van der Waals surface area contributed by atoms with E-state index in [0.29, 0.717) is 11.7 Å². The average Bonchev–Trinajstić information content (AvgIpc) is 2.77. The molecule has 108 valence electrons. The molecule has 20 heavy (non-hydrogen) atoms. The van der Waals surface area contributed by atoms with E-state index in [4.69, 9.17) is 0 Å². The number of hydrogen-bond acceptors (Lipinski definition) is 4. The third-order valence-corrected chi connectivity index (χ3v) is 3.50. The van der Waals surface area contributed by atoms with Crippen LogP contribution in [0, 0.1) is 13.8 Å². The number of carbonyl (C=O) groups is 1. The van der Waals surface area contributed by atoms with Crippen LogP contribution in [0.3, 0.4) is 0 Å². The van der Waals surface area contributed by atoms with Crippen molar-refractivity contribution in [2.75, 3.05) is 18.9 Å². The summed E-state index contributed by atoms with van der Waals surface area (Å²) in [6.45, 7) is 4.43. The Balaban J connectivity index is 0.00000200. The van der Waals surface area contributed by atoms with Crippen LogP contribution >= 0.6 is 23.7 Å². The number of carbonyl (C=O) groups excluding carboxylic acids is 1. The van der Waals surface area contributed by atoms with Gasteiger partial charge in [-0.1, -0.05) is 23.8 Å². The van der Waals surface area contributed by atoms with Gasteiger partial charge < -0.3 is 10.6 Å². The number of likely N-dealkylation sites (N-methyl/N-ethyl adjacent to an activating group) is 1. The maximum Gasteiger partial charge on any atom is 0.240 e. The van der Waals surface area contributed by atoms with E-state index >= 15 is 0 Å². The Kier molecular flexibility index (Phi) is 6.13. The van der Waals surface area contributed by atoms with Crippen LogP contribution in [0.1, 0.15) is 11.1 Å². The molecule has 0 bridgehead atoms. The van der Waals surface area contributed by atoms with Gasteiger partial charge in [-0.25, -0.2) is 4.98 Å². The van der Waals surface area contributed by atoms with Crippen LogP contribution in [0.4, 0.5) is 5.13 Å². The predicted molar refractivity (Wildman–Crippen MR) is 86.8 cm³/mol. The highest BCUT2D eigenvalue weighted by Gasteiger charge is 2.09. The number of nitrogens with zero attached hydrogens (tertiary/aromatic N) is 1. The third-order valence-electron chi connectivity index (χ3n) is 2.75. The van der Waals surface area contributed by atoms with Gasteiger partial charge in [0.2, 0.25) is 5.91 Å². The first-order valence-electron chi connectivity index (χ1n) is 6.07. The van der Waals surface area contributed by atoms with Gasteiger partial charge in [0.15, 0.2) is 5.13 Å². The highest BCUT2D eigenvalue weighted by Crippen LogP contribution is 2.27. The highest BCUT2D eigenvalue weighted by atomic mass is 35.5. The van der Waals surface area contributed by atoms with Crippen LogP contribution in [0.15, 0.2) is 23.6 Å². The first-order valence-corrected chi connectivity index (χ1v) is 6.95. The maximum absolute atomic E-state index is 11.5. The van der Waals surface area contributed by atoms with E-state index in [1.807, 2.05) is 5.38 Å². The SMILES string of the molecule is CNCC(=O)Nc1nc(-c2ccc(C)cc2C)cs1.Cl. The summed E-state index contributed by atoms with van der Waals surface area (Å²) in [6, 6.07) is 6.27. The number of nitrogens with one attached hydrogen (secondary N) is 2. The number of anilines is 1. The summed E-state index contributed by atoms with van der Waals surface area (Å²) < 4.78 is 0. The van der Waals surface area contributed by atoms with Crippen molar-refractivity contribution >= 4 is 34.8 Å². The monoisotopic (exact) mass is 311 g/mol. The molecule has 0 aliphatic carbocycles. The van der Waals surface area contributed by atoms with Gasteiger partial charge in [0.25, 0.3) is 0 Å². The van der Waals surface area contributed by atoms with Gasteiger partial charge in [-0.3, -0.25) is 4.79 Å². The lowest BCUT2D eigenvalue weighted by atomic mass is 10.0. The molecule has 1 aromatic heterocycles. The molecule has 2 N–H and O–H groups in total. The van der Waals surface area contributed by atoms with Crippen molar-refractivity contribution in [3.8, 4) is 11.3 Å². The summed E-state index contributed by atoms with van der Waals surface area (Å²) in [5.74, 6) is -0.0796. The Labute approximate surface area is 129 Å². The van der Waals surface area contributed by atoms with Gasteiger partial charge in [0, 0.05) is 10.9 Å². The minimum Gasteiger partial charge on any atom is -0.311 e. The number of halogens is 1. The standard InChI is InChI=1S/C14H17N3OS.ClH/c1-9-4-5-11(10(2)6-9)12-8-19-14(16-12)17-13(18)7-15-3;/h4-6,8,15H,7H2,1-3H3,(H,16,17,18);1H. The molecular formula is C14H18ClN3OS. The second kappa shape index (κ2) is 7.38. The fraction of sp³-hybridized carbons (Fsp3) is 0.286. The van der Waals surface area contributed by atoms with Gasteiger partial charge in [-0.15, -0.1) is 23.7 Å². The van der Waals surface area contributed by atoms with E-state index in [9.17, 15) is 4.79 Å². The van der Waals surface area contributed by atoms with Crippen LogP contribution in [0.5, 0.6) is 0 Å². The summed E-state index contributed by atoms with van der Waals surface area (Å²) in [6.07, 6.45) is 0. The first kappa shape index (κ1) is 16.6. The third kappa shape index (κ3) is 4.03. The first-order chi connectivity index (χ1) is 9.10. The summed E-state index contributed by atoms with van der Waals surface area (Å²) in [5, 5.41) is 8.18. The van der Waals surface area contributed by atoms with E-state index in [0.717, 1.165) is 11.3 Å². The van der Waals surface area contributed by atoms with Crippen molar-refractivity contribution in [3.05, 3.63) is 34.7 Å². The number of thiazole rings is 1. The van der Waals surface area contributed by atoms with Crippen LogP contribution in [-0.2, 0) is 4.79 Å². The molecule has 0 atom stereocenters. The topological polar surface area (TPSA) is 54.0 Å². The second-order valence-corrected chi connectivity index (χ2v) is 5.29. The Morgan fingerprint density at radius 1 is 1.35 bits per heavy atom. The van der Waals surface area contributed by atoms with Gasteiger partial charge >= 0.3 is 0 Å². The number of amides is 1. The van der Waals surface area contributed by atoms with Crippen molar-refractivity contribution in [2.45, 2.75) is 13.8 Å². The molecule has 0 saturated heterocycles. The Hall–Kier alpha value is -1.43. The zero-order valence-corrected chi connectivity index (χ0v) is 13.3. The Bertz CT molecular complexity index is 598. The fourth-order valence-electron chi connectivity index (χ4n) is 1.88. The zero-order valence-electron chi connectivity index (χ0n) is 11.7. The molecule has 0 spiro atoms. The quantitative estimate of drug-likeness (QED) is 0.912. The second-order valence-electron chi connectivity index (χ2n) is 4.43. The molecule has 0 saturated carbocycles. The summed E-state index contributed by atoms with van der Waals surface area (Å²) >= 11 is 1.44. The molecule has 0 aliphatic rings. The molecule has 0 fully saturated rings. The van der Waals surface area contributed by atoms with Gasteiger partial charge in [0.1, 0.15) is 0 Å². The minimum absolute atomic E-state index is 0. The summed E-state index contributed by atoms with van der Waals surface area (Å²) in [7, 11) is 1.74. The van der Waals surface area contributed by atoms with E-state index < -0.39 is 0 Å². The summed E-state index contributed by atoms with van der Waals surface area (Å²) in [4.78, 5) is 15.9.